The molecule has 27 heavy (non-hydrogen) atoms. The zero-order chi connectivity index (χ0) is 19.4. The number of carbonyl (C=O) groups excluding carboxylic acids is 3. The number of hydrogen-bond donors (Lipinski definition) is 2. The van der Waals surface area contributed by atoms with Crippen molar-refractivity contribution in [3.63, 3.8) is 0 Å². The number of hydrogen-bond acceptors (Lipinski definition) is 3. The van der Waals surface area contributed by atoms with Gasteiger partial charge in [0.15, 0.2) is 0 Å². The van der Waals surface area contributed by atoms with Gasteiger partial charge >= 0.3 is 0 Å². The Morgan fingerprint density at radius 3 is 2.30 bits per heavy atom. The maximum atomic E-state index is 13.1. The number of halogens is 1. The summed E-state index contributed by atoms with van der Waals surface area (Å²) in [6, 6.07) is 4.81. The first-order chi connectivity index (χ1) is 13.0. The van der Waals surface area contributed by atoms with Crippen LogP contribution in [-0.2, 0) is 9.59 Å². The summed E-state index contributed by atoms with van der Waals surface area (Å²) >= 11 is 0. The Bertz CT molecular complexity index is 695. The molecule has 2 N–H and O–H groups in total. The van der Waals surface area contributed by atoms with E-state index in [4.69, 9.17) is 0 Å². The van der Waals surface area contributed by atoms with Crippen molar-refractivity contribution in [3.05, 3.63) is 35.6 Å². The molecule has 0 radical (unpaired) electrons. The molecule has 1 saturated heterocycles. The molecule has 1 saturated carbocycles. The third-order valence-electron chi connectivity index (χ3n) is 5.27. The molecule has 146 valence electrons. The van der Waals surface area contributed by atoms with Gasteiger partial charge in [-0.25, -0.2) is 4.39 Å². The molecule has 3 rings (SSSR count). The Morgan fingerprint density at radius 2 is 1.74 bits per heavy atom. The van der Waals surface area contributed by atoms with Crippen LogP contribution < -0.4 is 10.6 Å². The van der Waals surface area contributed by atoms with E-state index in [9.17, 15) is 18.8 Å². The molecular weight excluding hydrogens is 349 g/mol. The normalized spacial score (nSPS) is 18.7. The Hall–Kier alpha value is -2.44. The summed E-state index contributed by atoms with van der Waals surface area (Å²) in [6.07, 6.45) is 3.73. The number of likely N-dealkylation sites (tertiary alicyclic amines) is 1. The summed E-state index contributed by atoms with van der Waals surface area (Å²) < 4.78 is 13.1. The van der Waals surface area contributed by atoms with Crippen molar-refractivity contribution in [1.29, 1.82) is 0 Å². The van der Waals surface area contributed by atoms with Crippen molar-refractivity contribution in [2.24, 2.45) is 5.92 Å². The molecule has 0 unspecified atom stereocenters. The second kappa shape index (κ2) is 8.50. The van der Waals surface area contributed by atoms with Gasteiger partial charge in [0.1, 0.15) is 11.9 Å². The lowest BCUT2D eigenvalue weighted by molar-refractivity contribution is -0.132. The maximum Gasteiger partial charge on any atom is 0.251 e. The summed E-state index contributed by atoms with van der Waals surface area (Å²) in [4.78, 5) is 39.0. The van der Waals surface area contributed by atoms with Crippen LogP contribution in [0.4, 0.5) is 4.39 Å². The van der Waals surface area contributed by atoms with Crippen LogP contribution in [0.1, 0.15) is 49.4 Å². The average molecular weight is 375 g/mol. The fourth-order valence-corrected chi connectivity index (χ4v) is 3.45. The predicted octanol–water partition coefficient (Wildman–Crippen LogP) is 1.85. The zero-order valence-electron chi connectivity index (χ0n) is 15.5. The molecule has 0 bridgehead atoms. The number of piperidine rings is 1. The molecule has 1 aromatic carbocycles. The monoisotopic (exact) mass is 375 g/mol. The third-order valence-corrected chi connectivity index (χ3v) is 5.27. The first-order valence-corrected chi connectivity index (χ1v) is 9.62. The van der Waals surface area contributed by atoms with Gasteiger partial charge in [-0.2, -0.15) is 0 Å². The number of rotatable bonds is 6. The van der Waals surface area contributed by atoms with Crippen molar-refractivity contribution in [1.82, 2.24) is 15.5 Å². The summed E-state index contributed by atoms with van der Waals surface area (Å²) in [7, 11) is 0. The van der Waals surface area contributed by atoms with E-state index in [1.54, 1.807) is 0 Å². The molecule has 1 heterocycles. The van der Waals surface area contributed by atoms with Crippen LogP contribution in [0, 0.1) is 11.7 Å². The van der Waals surface area contributed by atoms with Gasteiger partial charge in [0.25, 0.3) is 5.91 Å². The van der Waals surface area contributed by atoms with E-state index >= 15 is 0 Å². The SMILES string of the molecule is CCC(=O)N1CCC([C@@H](NC(=O)c2ccc(F)cc2)C(=O)NC2CC2)CC1. The van der Waals surface area contributed by atoms with E-state index in [1.165, 1.54) is 24.3 Å². The third kappa shape index (κ3) is 5.05. The lowest BCUT2D eigenvalue weighted by Crippen LogP contribution is -2.54. The number of carbonyl (C=O) groups is 3. The molecule has 3 amide bonds. The number of amides is 3. The van der Waals surface area contributed by atoms with Crippen LogP contribution in [0.25, 0.3) is 0 Å². The van der Waals surface area contributed by atoms with Crippen LogP contribution in [0.15, 0.2) is 24.3 Å². The molecule has 1 aliphatic heterocycles. The fraction of sp³-hybridized carbons (Fsp3) is 0.550. The first-order valence-electron chi connectivity index (χ1n) is 9.62. The summed E-state index contributed by atoms with van der Waals surface area (Å²) in [5.41, 5.74) is 0.319. The van der Waals surface area contributed by atoms with Crippen molar-refractivity contribution < 1.29 is 18.8 Å². The predicted molar refractivity (Wildman–Crippen MR) is 98.4 cm³/mol. The highest BCUT2D eigenvalue weighted by atomic mass is 19.1. The van der Waals surface area contributed by atoms with Gasteiger partial charge in [0.2, 0.25) is 11.8 Å². The topological polar surface area (TPSA) is 78.5 Å². The molecule has 1 aromatic rings. The van der Waals surface area contributed by atoms with Gasteiger partial charge < -0.3 is 15.5 Å². The summed E-state index contributed by atoms with van der Waals surface area (Å²) in [5.74, 6) is -0.898. The number of nitrogens with zero attached hydrogens (tertiary/aromatic N) is 1. The largest absolute Gasteiger partial charge is 0.352 e. The van der Waals surface area contributed by atoms with Gasteiger partial charge in [-0.15, -0.1) is 0 Å². The molecule has 0 spiro atoms. The van der Waals surface area contributed by atoms with Crippen molar-refractivity contribution >= 4 is 17.7 Å². The Balaban J connectivity index is 1.67. The second-order valence-corrected chi connectivity index (χ2v) is 7.31. The van der Waals surface area contributed by atoms with Crippen molar-refractivity contribution in [3.8, 4) is 0 Å². The van der Waals surface area contributed by atoms with E-state index < -0.39 is 17.8 Å². The second-order valence-electron chi connectivity index (χ2n) is 7.31. The number of nitrogens with one attached hydrogen (secondary N) is 2. The Kier molecular flexibility index (Phi) is 6.08. The van der Waals surface area contributed by atoms with Crippen LogP contribution in [0.2, 0.25) is 0 Å². The van der Waals surface area contributed by atoms with Crippen molar-refractivity contribution in [2.45, 2.75) is 51.1 Å². The molecule has 2 aliphatic rings. The quantitative estimate of drug-likeness (QED) is 0.797. The Morgan fingerprint density at radius 1 is 1.11 bits per heavy atom. The molecule has 7 heteroatoms. The van der Waals surface area contributed by atoms with Gasteiger partial charge in [-0.05, 0) is 55.9 Å². The first kappa shape index (κ1) is 19.3. The molecule has 6 nitrogen and oxygen atoms in total. The van der Waals surface area contributed by atoms with E-state index in [-0.39, 0.29) is 23.8 Å². The van der Waals surface area contributed by atoms with Gasteiger partial charge in [0.05, 0.1) is 0 Å². The van der Waals surface area contributed by atoms with Gasteiger partial charge in [0, 0.05) is 31.1 Å². The van der Waals surface area contributed by atoms with E-state index in [1.807, 2.05) is 11.8 Å². The maximum absolute atomic E-state index is 13.1. The molecular formula is C20H26FN3O3. The van der Waals surface area contributed by atoms with E-state index in [2.05, 4.69) is 10.6 Å². The minimum Gasteiger partial charge on any atom is -0.352 e. The van der Waals surface area contributed by atoms with Crippen LogP contribution >= 0.6 is 0 Å². The molecule has 0 aromatic heterocycles. The zero-order valence-corrected chi connectivity index (χ0v) is 15.5. The Labute approximate surface area is 158 Å². The lowest BCUT2D eigenvalue weighted by Gasteiger charge is -2.35. The van der Waals surface area contributed by atoms with Crippen LogP contribution in [0.5, 0.6) is 0 Å². The number of benzene rings is 1. The fourth-order valence-electron chi connectivity index (χ4n) is 3.45. The van der Waals surface area contributed by atoms with E-state index in [0.717, 1.165) is 12.8 Å². The highest BCUT2D eigenvalue weighted by Crippen LogP contribution is 2.24. The highest BCUT2D eigenvalue weighted by Gasteiger charge is 2.36. The summed E-state index contributed by atoms with van der Waals surface area (Å²) in [5, 5.41) is 5.80. The van der Waals surface area contributed by atoms with Gasteiger partial charge in [-0.3, -0.25) is 14.4 Å². The molecule has 1 aliphatic carbocycles. The van der Waals surface area contributed by atoms with Gasteiger partial charge in [-0.1, -0.05) is 6.92 Å². The lowest BCUT2D eigenvalue weighted by atomic mass is 9.88. The standard InChI is InChI=1S/C20H26FN3O3/c1-2-17(25)24-11-9-13(10-12-24)18(20(27)22-16-7-8-16)23-19(26)14-3-5-15(21)6-4-14/h3-6,13,16,18H,2,7-12H2,1H3,(H,22,27)(H,23,26)/t18-/m1/s1. The average Bonchev–Trinajstić information content (AvgIpc) is 3.50. The summed E-state index contributed by atoms with van der Waals surface area (Å²) in [6.45, 7) is 3.02. The minimum absolute atomic E-state index is 0.0333. The van der Waals surface area contributed by atoms with E-state index in [0.29, 0.717) is 37.9 Å². The van der Waals surface area contributed by atoms with Crippen LogP contribution in [-0.4, -0.2) is 47.8 Å². The smallest absolute Gasteiger partial charge is 0.251 e. The van der Waals surface area contributed by atoms with Crippen molar-refractivity contribution in [2.75, 3.05) is 13.1 Å². The molecule has 1 atom stereocenters. The molecule has 2 fully saturated rings. The van der Waals surface area contributed by atoms with Crippen LogP contribution in [0.3, 0.4) is 0 Å². The minimum atomic E-state index is -0.651. The highest BCUT2D eigenvalue weighted by molar-refractivity contribution is 5.97.